The lowest BCUT2D eigenvalue weighted by molar-refractivity contribution is -0.116. The summed E-state index contributed by atoms with van der Waals surface area (Å²) in [6.07, 6.45) is -0.0432. The minimum absolute atomic E-state index is 0.0330. The van der Waals surface area contributed by atoms with Crippen molar-refractivity contribution in [1.82, 2.24) is 4.72 Å². The topological polar surface area (TPSA) is 95.5 Å². The van der Waals surface area contributed by atoms with Crippen molar-refractivity contribution in [2.45, 2.75) is 25.2 Å². The van der Waals surface area contributed by atoms with Crippen LogP contribution in [0.15, 0.2) is 47.4 Å². The molecule has 3 N–H and O–H groups in total. The largest absolute Gasteiger partial charge is 0.506 e. The van der Waals surface area contributed by atoms with Crippen molar-refractivity contribution < 1.29 is 18.3 Å². The second-order valence-electron chi connectivity index (χ2n) is 5.46. The average Bonchev–Trinajstić information content (AvgIpc) is 2.52. The van der Waals surface area contributed by atoms with Gasteiger partial charge in [0.2, 0.25) is 15.9 Å². The number of amides is 1. The summed E-state index contributed by atoms with van der Waals surface area (Å²) >= 11 is 0. The zero-order chi connectivity index (χ0) is 17.7. The lowest BCUT2D eigenvalue weighted by Crippen LogP contribution is -2.28. The van der Waals surface area contributed by atoms with Crippen molar-refractivity contribution in [1.29, 1.82) is 0 Å². The molecular weight excluding hydrogens is 328 g/mol. The molecule has 0 heterocycles. The normalized spacial score (nSPS) is 11.2. The van der Waals surface area contributed by atoms with Crippen LogP contribution >= 0.6 is 0 Å². The highest BCUT2D eigenvalue weighted by Crippen LogP contribution is 2.21. The predicted molar refractivity (Wildman–Crippen MR) is 92.5 cm³/mol. The molecule has 1 amide bonds. The summed E-state index contributed by atoms with van der Waals surface area (Å²) in [5.41, 5.74) is 2.19. The molecule has 0 fully saturated rings. The van der Waals surface area contributed by atoms with Crippen molar-refractivity contribution in [3.8, 4) is 5.75 Å². The molecule has 0 unspecified atom stereocenters. The highest BCUT2D eigenvalue weighted by Gasteiger charge is 2.15. The Hall–Kier alpha value is -2.38. The summed E-state index contributed by atoms with van der Waals surface area (Å²) in [5.74, 6) is -0.430. The molecule has 0 aromatic heterocycles. The molecule has 2 rings (SSSR count). The first kappa shape index (κ1) is 18.0. The van der Waals surface area contributed by atoms with Gasteiger partial charge in [0.25, 0.3) is 0 Å². The number of phenols is 1. The van der Waals surface area contributed by atoms with Gasteiger partial charge in [-0.05, 0) is 49.2 Å². The van der Waals surface area contributed by atoms with Gasteiger partial charge in [-0.15, -0.1) is 0 Å². The molecule has 0 aliphatic carbocycles. The molecule has 0 atom stereocenters. The van der Waals surface area contributed by atoms with Gasteiger partial charge in [-0.1, -0.05) is 18.2 Å². The SMILES string of the molecule is Cc1ccc(S(=O)(=O)NCCC(=O)Nc2ccccc2O)cc1C. The van der Waals surface area contributed by atoms with E-state index in [0.717, 1.165) is 11.1 Å². The van der Waals surface area contributed by atoms with Crippen LogP contribution in [0.3, 0.4) is 0 Å². The number of nitrogens with one attached hydrogen (secondary N) is 2. The molecule has 128 valence electrons. The van der Waals surface area contributed by atoms with Gasteiger partial charge in [0.15, 0.2) is 0 Å². The number of carbonyl (C=O) groups excluding carboxylic acids is 1. The molecule has 0 saturated heterocycles. The Bertz CT molecular complexity index is 847. The number of carbonyl (C=O) groups is 1. The van der Waals surface area contributed by atoms with Crippen LogP contribution < -0.4 is 10.0 Å². The monoisotopic (exact) mass is 348 g/mol. The minimum atomic E-state index is -3.66. The molecule has 0 aliphatic heterocycles. The van der Waals surface area contributed by atoms with Gasteiger partial charge in [0, 0.05) is 13.0 Å². The molecule has 2 aromatic rings. The first-order chi connectivity index (χ1) is 11.3. The van der Waals surface area contributed by atoms with Gasteiger partial charge in [-0.25, -0.2) is 13.1 Å². The maximum Gasteiger partial charge on any atom is 0.240 e. The van der Waals surface area contributed by atoms with Crippen molar-refractivity contribution >= 4 is 21.6 Å². The number of hydrogen-bond donors (Lipinski definition) is 3. The lowest BCUT2D eigenvalue weighted by atomic mass is 10.1. The Balaban J connectivity index is 1.92. The lowest BCUT2D eigenvalue weighted by Gasteiger charge is -2.09. The molecule has 0 aliphatic rings. The van der Waals surface area contributed by atoms with E-state index in [1.54, 1.807) is 30.3 Å². The van der Waals surface area contributed by atoms with Gasteiger partial charge in [-0.3, -0.25) is 4.79 Å². The fraction of sp³-hybridized carbons (Fsp3) is 0.235. The van der Waals surface area contributed by atoms with Gasteiger partial charge in [0.1, 0.15) is 5.75 Å². The maximum absolute atomic E-state index is 12.2. The molecule has 24 heavy (non-hydrogen) atoms. The Labute approximate surface area is 141 Å². The molecule has 0 saturated carbocycles. The van der Waals surface area contributed by atoms with Crippen LogP contribution in [-0.2, 0) is 14.8 Å². The second-order valence-corrected chi connectivity index (χ2v) is 7.23. The number of sulfonamides is 1. The first-order valence-corrected chi connectivity index (χ1v) is 8.92. The highest BCUT2D eigenvalue weighted by atomic mass is 32.2. The standard InChI is InChI=1S/C17H20N2O4S/c1-12-7-8-14(11-13(12)2)24(22,23)18-10-9-17(21)19-15-5-3-4-6-16(15)20/h3-8,11,18,20H,9-10H2,1-2H3,(H,19,21). The van der Waals surface area contributed by atoms with E-state index in [2.05, 4.69) is 10.0 Å². The first-order valence-electron chi connectivity index (χ1n) is 7.44. The van der Waals surface area contributed by atoms with Gasteiger partial charge >= 0.3 is 0 Å². The number of benzene rings is 2. The number of aromatic hydroxyl groups is 1. The number of hydrogen-bond acceptors (Lipinski definition) is 4. The van der Waals surface area contributed by atoms with E-state index in [0.29, 0.717) is 5.69 Å². The summed E-state index contributed by atoms with van der Waals surface area (Å²) in [6.45, 7) is 3.71. The van der Waals surface area contributed by atoms with E-state index in [1.165, 1.54) is 12.1 Å². The summed E-state index contributed by atoms with van der Waals surface area (Å²) < 4.78 is 26.8. The van der Waals surface area contributed by atoms with E-state index < -0.39 is 10.0 Å². The van der Waals surface area contributed by atoms with Crippen LogP contribution in [0.4, 0.5) is 5.69 Å². The summed E-state index contributed by atoms with van der Waals surface area (Å²) in [6, 6.07) is 11.2. The molecule has 6 nitrogen and oxygen atoms in total. The zero-order valence-electron chi connectivity index (χ0n) is 13.5. The van der Waals surface area contributed by atoms with Crippen LogP contribution in [0, 0.1) is 13.8 Å². The van der Waals surface area contributed by atoms with E-state index >= 15 is 0 Å². The van der Waals surface area contributed by atoms with E-state index in [9.17, 15) is 18.3 Å². The third-order valence-electron chi connectivity index (χ3n) is 3.61. The summed E-state index contributed by atoms with van der Waals surface area (Å²) in [7, 11) is -3.66. The smallest absolute Gasteiger partial charge is 0.240 e. The molecule has 0 spiro atoms. The van der Waals surface area contributed by atoms with Crippen LogP contribution in [0.2, 0.25) is 0 Å². The number of aryl methyl sites for hydroxylation is 2. The Morgan fingerprint density at radius 3 is 2.46 bits per heavy atom. The van der Waals surface area contributed by atoms with Gasteiger partial charge in [-0.2, -0.15) is 0 Å². The minimum Gasteiger partial charge on any atom is -0.506 e. The maximum atomic E-state index is 12.2. The van der Waals surface area contributed by atoms with Gasteiger partial charge < -0.3 is 10.4 Å². The number of anilines is 1. The van der Waals surface area contributed by atoms with Crippen LogP contribution in [0.1, 0.15) is 17.5 Å². The third-order valence-corrected chi connectivity index (χ3v) is 5.07. The second kappa shape index (κ2) is 7.46. The molecule has 0 bridgehead atoms. The quantitative estimate of drug-likeness (QED) is 0.698. The number of para-hydroxylation sites is 2. The van der Waals surface area contributed by atoms with Crippen LogP contribution in [-0.4, -0.2) is 26.0 Å². The summed E-state index contributed by atoms with van der Waals surface area (Å²) in [5, 5.41) is 12.1. The zero-order valence-corrected chi connectivity index (χ0v) is 14.4. The van der Waals surface area contributed by atoms with Crippen molar-refractivity contribution in [3.63, 3.8) is 0 Å². The predicted octanol–water partition coefficient (Wildman–Crippen LogP) is 2.32. The van der Waals surface area contributed by atoms with Crippen molar-refractivity contribution in [2.24, 2.45) is 0 Å². The van der Waals surface area contributed by atoms with E-state index in [1.807, 2.05) is 13.8 Å². The van der Waals surface area contributed by atoms with Crippen LogP contribution in [0.5, 0.6) is 5.75 Å². The Morgan fingerprint density at radius 2 is 1.79 bits per heavy atom. The molecule has 0 radical (unpaired) electrons. The Kier molecular flexibility index (Phi) is 5.58. The molecular formula is C17H20N2O4S. The van der Waals surface area contributed by atoms with Crippen molar-refractivity contribution in [3.05, 3.63) is 53.6 Å². The fourth-order valence-corrected chi connectivity index (χ4v) is 3.17. The molecule has 7 heteroatoms. The van der Waals surface area contributed by atoms with Crippen molar-refractivity contribution in [2.75, 3.05) is 11.9 Å². The van der Waals surface area contributed by atoms with E-state index in [-0.39, 0.29) is 29.5 Å². The van der Waals surface area contributed by atoms with E-state index in [4.69, 9.17) is 0 Å². The fourth-order valence-electron chi connectivity index (χ4n) is 2.06. The third kappa shape index (κ3) is 4.56. The number of rotatable bonds is 6. The summed E-state index contributed by atoms with van der Waals surface area (Å²) in [4.78, 5) is 12.0. The molecule has 2 aromatic carbocycles. The van der Waals surface area contributed by atoms with Gasteiger partial charge in [0.05, 0.1) is 10.6 Å². The Morgan fingerprint density at radius 1 is 1.08 bits per heavy atom. The average molecular weight is 348 g/mol. The van der Waals surface area contributed by atoms with Crippen LogP contribution in [0.25, 0.3) is 0 Å². The highest BCUT2D eigenvalue weighted by molar-refractivity contribution is 7.89. The number of phenolic OH excluding ortho intramolecular Hbond substituents is 1.